The van der Waals surface area contributed by atoms with Crippen molar-refractivity contribution in [3.63, 3.8) is 0 Å². The molecular weight excluding hydrogens is 276 g/mol. The molecule has 122 valence electrons. The third kappa shape index (κ3) is 8.72. The summed E-state index contributed by atoms with van der Waals surface area (Å²) in [7, 11) is 3.27. The molecule has 0 aromatic carbocycles. The van der Waals surface area contributed by atoms with Crippen LogP contribution in [0.25, 0.3) is 0 Å². The highest BCUT2D eigenvalue weighted by molar-refractivity contribution is 5.75. The number of rotatable bonds is 8. The predicted octanol–water partition coefficient (Wildman–Crippen LogP) is 0.542. The summed E-state index contributed by atoms with van der Waals surface area (Å²) in [5.41, 5.74) is 0. The lowest BCUT2D eigenvalue weighted by Crippen LogP contribution is -2.47. The van der Waals surface area contributed by atoms with Crippen molar-refractivity contribution in [1.82, 2.24) is 20.4 Å². The first-order chi connectivity index (χ1) is 9.75. The number of urea groups is 2. The van der Waals surface area contributed by atoms with Crippen LogP contribution < -0.4 is 10.6 Å². The van der Waals surface area contributed by atoms with Crippen LogP contribution in [0.5, 0.6) is 0 Å². The maximum atomic E-state index is 12.0. The van der Waals surface area contributed by atoms with Crippen molar-refractivity contribution in [2.24, 2.45) is 0 Å². The molecule has 0 aliphatic carbocycles. The Kier molecular flexibility index (Phi) is 8.91. The van der Waals surface area contributed by atoms with Crippen LogP contribution in [-0.2, 0) is 4.79 Å². The monoisotopic (exact) mass is 302 g/mol. The first-order valence-corrected chi connectivity index (χ1v) is 6.97. The number of carbonyl (C=O) groups excluding carboxylic acids is 2. The summed E-state index contributed by atoms with van der Waals surface area (Å²) in [4.78, 5) is 36.7. The van der Waals surface area contributed by atoms with Gasteiger partial charge in [0.05, 0.1) is 0 Å². The van der Waals surface area contributed by atoms with E-state index in [1.165, 1.54) is 4.90 Å². The maximum absolute atomic E-state index is 12.0. The van der Waals surface area contributed by atoms with Crippen molar-refractivity contribution in [1.29, 1.82) is 0 Å². The molecule has 0 atom stereocenters. The second-order valence-electron chi connectivity index (χ2n) is 5.14. The van der Waals surface area contributed by atoms with E-state index >= 15 is 0 Å². The quantitative estimate of drug-likeness (QED) is 0.570. The number of carbonyl (C=O) groups is 3. The number of nitrogens with zero attached hydrogens (tertiary/aromatic N) is 2. The van der Waals surface area contributed by atoms with Crippen molar-refractivity contribution in [2.75, 3.05) is 33.7 Å². The Hall–Kier alpha value is -1.99. The summed E-state index contributed by atoms with van der Waals surface area (Å²) in [5, 5.41) is 14.0. The summed E-state index contributed by atoms with van der Waals surface area (Å²) in [5.74, 6) is -0.870. The second-order valence-corrected chi connectivity index (χ2v) is 5.14. The van der Waals surface area contributed by atoms with E-state index in [2.05, 4.69) is 10.6 Å². The zero-order valence-electron chi connectivity index (χ0n) is 13.2. The van der Waals surface area contributed by atoms with Crippen LogP contribution >= 0.6 is 0 Å². The molecule has 0 unspecified atom stereocenters. The van der Waals surface area contributed by atoms with Gasteiger partial charge in [-0.05, 0) is 20.3 Å². The van der Waals surface area contributed by atoms with Gasteiger partial charge in [-0.3, -0.25) is 4.79 Å². The number of hydrogen-bond donors (Lipinski definition) is 3. The van der Waals surface area contributed by atoms with Crippen molar-refractivity contribution < 1.29 is 19.5 Å². The van der Waals surface area contributed by atoms with Gasteiger partial charge in [-0.1, -0.05) is 0 Å². The maximum Gasteiger partial charge on any atom is 0.317 e. The molecule has 8 heteroatoms. The fourth-order valence-corrected chi connectivity index (χ4v) is 1.59. The van der Waals surface area contributed by atoms with E-state index in [4.69, 9.17) is 5.11 Å². The van der Waals surface area contributed by atoms with Gasteiger partial charge in [-0.25, -0.2) is 9.59 Å². The van der Waals surface area contributed by atoms with E-state index in [1.807, 2.05) is 13.8 Å². The summed E-state index contributed by atoms with van der Waals surface area (Å²) < 4.78 is 0. The molecule has 0 aliphatic rings. The third-order valence-corrected chi connectivity index (χ3v) is 2.76. The smallest absolute Gasteiger partial charge is 0.317 e. The lowest BCUT2D eigenvalue weighted by molar-refractivity contribution is -0.137. The molecule has 21 heavy (non-hydrogen) atoms. The zero-order valence-corrected chi connectivity index (χ0v) is 13.2. The van der Waals surface area contributed by atoms with Gasteiger partial charge in [0.25, 0.3) is 0 Å². The summed E-state index contributed by atoms with van der Waals surface area (Å²) in [6.07, 6.45) is 0.452. The Morgan fingerprint density at radius 2 is 1.57 bits per heavy atom. The molecule has 0 aliphatic heterocycles. The molecule has 4 amide bonds. The molecule has 0 rings (SSSR count). The number of carboxylic acids is 1. The van der Waals surface area contributed by atoms with Gasteiger partial charge in [0.1, 0.15) is 0 Å². The number of carboxylic acid groups (broad SMARTS) is 1. The van der Waals surface area contributed by atoms with Crippen molar-refractivity contribution >= 4 is 18.0 Å². The predicted molar refractivity (Wildman–Crippen MR) is 79.2 cm³/mol. The van der Waals surface area contributed by atoms with Gasteiger partial charge in [-0.15, -0.1) is 0 Å². The minimum absolute atomic E-state index is 0.0184. The topological polar surface area (TPSA) is 102 Å². The van der Waals surface area contributed by atoms with Crippen molar-refractivity contribution in [3.8, 4) is 0 Å². The summed E-state index contributed by atoms with van der Waals surface area (Å²) >= 11 is 0. The zero-order chi connectivity index (χ0) is 16.4. The summed E-state index contributed by atoms with van der Waals surface area (Å²) in [6.45, 7) is 4.78. The average molecular weight is 302 g/mol. The Morgan fingerprint density at radius 1 is 1.05 bits per heavy atom. The minimum atomic E-state index is -0.870. The molecule has 0 saturated heterocycles. The molecule has 0 heterocycles. The van der Waals surface area contributed by atoms with Gasteiger partial charge in [0.15, 0.2) is 0 Å². The largest absolute Gasteiger partial charge is 0.481 e. The molecular formula is C13H26N4O4. The number of aliphatic carboxylic acids is 1. The van der Waals surface area contributed by atoms with Crippen molar-refractivity contribution in [3.05, 3.63) is 0 Å². The van der Waals surface area contributed by atoms with Crippen LogP contribution in [0.15, 0.2) is 0 Å². The Bertz CT molecular complexity index is 358. The average Bonchev–Trinajstić information content (AvgIpc) is 2.38. The van der Waals surface area contributed by atoms with E-state index in [0.717, 1.165) is 0 Å². The Balaban J connectivity index is 4.07. The molecule has 0 bridgehead atoms. The highest BCUT2D eigenvalue weighted by Gasteiger charge is 2.16. The molecule has 0 spiro atoms. The number of amides is 4. The van der Waals surface area contributed by atoms with E-state index in [1.54, 1.807) is 19.0 Å². The van der Waals surface area contributed by atoms with Gasteiger partial charge in [0.2, 0.25) is 0 Å². The number of nitrogens with one attached hydrogen (secondary N) is 2. The highest BCUT2D eigenvalue weighted by Crippen LogP contribution is 2.02. The van der Waals surface area contributed by atoms with Crippen LogP contribution in [0.2, 0.25) is 0 Å². The van der Waals surface area contributed by atoms with Gasteiger partial charge < -0.3 is 25.5 Å². The molecule has 3 N–H and O–H groups in total. The van der Waals surface area contributed by atoms with Gasteiger partial charge >= 0.3 is 18.0 Å². The van der Waals surface area contributed by atoms with Crippen LogP contribution in [0.3, 0.4) is 0 Å². The van der Waals surface area contributed by atoms with E-state index in [-0.39, 0.29) is 24.5 Å². The first kappa shape index (κ1) is 19.0. The molecule has 0 fully saturated rings. The van der Waals surface area contributed by atoms with Gasteiger partial charge in [-0.2, -0.15) is 0 Å². The van der Waals surface area contributed by atoms with Crippen LogP contribution in [0, 0.1) is 0 Å². The molecule has 0 aromatic heterocycles. The molecule has 8 nitrogen and oxygen atoms in total. The highest BCUT2D eigenvalue weighted by atomic mass is 16.4. The normalized spacial score (nSPS) is 10.1. The fraction of sp³-hybridized carbons (Fsp3) is 0.769. The van der Waals surface area contributed by atoms with Crippen molar-refractivity contribution in [2.45, 2.75) is 32.7 Å². The van der Waals surface area contributed by atoms with Gasteiger partial charge in [0, 0.05) is 46.2 Å². The summed E-state index contributed by atoms with van der Waals surface area (Å²) in [6, 6.07) is -0.490. The third-order valence-electron chi connectivity index (χ3n) is 2.76. The standard InChI is InChI=1S/C13H26N4O4/c1-10(2)17(9-5-6-11(18)19)13(21)15-8-7-14-12(20)16(3)4/h10H,5-9H2,1-4H3,(H,14,20)(H,15,21)(H,18,19). The van der Waals surface area contributed by atoms with Crippen LogP contribution in [0.1, 0.15) is 26.7 Å². The molecule has 0 radical (unpaired) electrons. The van der Waals surface area contributed by atoms with E-state index in [9.17, 15) is 14.4 Å². The lowest BCUT2D eigenvalue weighted by Gasteiger charge is -2.27. The molecule has 0 aromatic rings. The van der Waals surface area contributed by atoms with Crippen LogP contribution in [0.4, 0.5) is 9.59 Å². The van der Waals surface area contributed by atoms with Crippen LogP contribution in [-0.4, -0.2) is 72.7 Å². The second kappa shape index (κ2) is 9.84. The van der Waals surface area contributed by atoms with E-state index in [0.29, 0.717) is 26.1 Å². The van der Waals surface area contributed by atoms with E-state index < -0.39 is 5.97 Å². The SMILES string of the molecule is CC(C)N(CCCC(=O)O)C(=O)NCCNC(=O)N(C)C. The lowest BCUT2D eigenvalue weighted by atomic mass is 10.2. The Labute approximate surface area is 125 Å². The number of hydrogen-bond acceptors (Lipinski definition) is 3. The first-order valence-electron chi connectivity index (χ1n) is 6.97. The minimum Gasteiger partial charge on any atom is -0.481 e. The fourth-order valence-electron chi connectivity index (χ4n) is 1.59. The Morgan fingerprint density at radius 3 is 2.00 bits per heavy atom. The molecule has 0 saturated carbocycles.